The van der Waals surface area contributed by atoms with Crippen LogP contribution in [0.1, 0.15) is 34.1 Å². The molecule has 6 nitrogen and oxygen atoms in total. The number of ether oxygens (including phenoxy) is 1. The van der Waals surface area contributed by atoms with Crippen LogP contribution in [0.25, 0.3) is 0 Å². The number of hydrogen-bond donors (Lipinski definition) is 1. The molecule has 1 N–H and O–H groups in total. The van der Waals surface area contributed by atoms with Gasteiger partial charge in [-0.3, -0.25) is 5.48 Å². The number of aliphatic imine (C=N–C) groups is 1. The number of carbonyl (C=O) groups is 1. The fraction of sp³-hybridized carbons (Fsp3) is 0.833. The number of carbonyl (C=O) groups excluding carboxylic acids is 1. The van der Waals surface area contributed by atoms with E-state index in [1.165, 1.54) is 0 Å². The Morgan fingerprint density at radius 3 is 2.83 bits per heavy atom. The molecule has 2 unspecified atom stereocenters. The fourth-order valence-corrected chi connectivity index (χ4v) is 2.06. The highest BCUT2D eigenvalue weighted by Crippen LogP contribution is 2.21. The van der Waals surface area contributed by atoms with Gasteiger partial charge in [0.1, 0.15) is 11.4 Å². The van der Waals surface area contributed by atoms with E-state index in [9.17, 15) is 4.79 Å². The second-order valence-corrected chi connectivity index (χ2v) is 5.75. The maximum absolute atomic E-state index is 11.9. The molecular formula is C12H21N3O3. The zero-order chi connectivity index (χ0) is 13.3. The molecule has 2 heterocycles. The minimum absolute atomic E-state index is 0.143. The minimum Gasteiger partial charge on any atom is -0.444 e. The number of nitrogens with one attached hydrogen (secondary N) is 1. The number of amides is 1. The molecule has 0 aromatic rings. The third-order valence-electron chi connectivity index (χ3n) is 2.88. The van der Waals surface area contributed by atoms with Gasteiger partial charge in [-0.2, -0.15) is 0 Å². The van der Waals surface area contributed by atoms with Crippen molar-refractivity contribution in [3.05, 3.63) is 0 Å². The minimum atomic E-state index is -0.448. The van der Waals surface area contributed by atoms with E-state index in [0.29, 0.717) is 13.1 Å². The monoisotopic (exact) mass is 255 g/mol. The molecular weight excluding hydrogens is 234 g/mol. The highest BCUT2D eigenvalue weighted by molar-refractivity contribution is 5.86. The molecule has 1 amide bonds. The van der Waals surface area contributed by atoms with Gasteiger partial charge in [-0.05, 0) is 34.1 Å². The molecule has 2 atom stereocenters. The Balaban J connectivity index is 1.89. The molecule has 0 radical (unpaired) electrons. The Kier molecular flexibility index (Phi) is 3.47. The third-order valence-corrected chi connectivity index (χ3v) is 2.88. The maximum atomic E-state index is 11.9. The van der Waals surface area contributed by atoms with Gasteiger partial charge in [0, 0.05) is 19.0 Å². The van der Waals surface area contributed by atoms with Crippen molar-refractivity contribution in [2.75, 3.05) is 13.1 Å². The molecule has 1 fully saturated rings. The lowest BCUT2D eigenvalue weighted by molar-refractivity contribution is 0.0289. The van der Waals surface area contributed by atoms with E-state index in [2.05, 4.69) is 10.5 Å². The van der Waals surface area contributed by atoms with Crippen LogP contribution in [0.4, 0.5) is 4.79 Å². The van der Waals surface area contributed by atoms with E-state index < -0.39 is 5.60 Å². The lowest BCUT2D eigenvalue weighted by Gasteiger charge is -2.24. The molecule has 0 saturated carbocycles. The Morgan fingerprint density at radius 2 is 2.28 bits per heavy atom. The number of hydroxylamine groups is 1. The zero-order valence-corrected chi connectivity index (χ0v) is 11.4. The van der Waals surface area contributed by atoms with Crippen LogP contribution in [0, 0.1) is 5.92 Å². The number of amidine groups is 1. The van der Waals surface area contributed by atoms with Crippen molar-refractivity contribution in [1.29, 1.82) is 0 Å². The predicted octanol–water partition coefficient (Wildman–Crippen LogP) is 1.52. The lowest BCUT2D eigenvalue weighted by atomic mass is 10.1. The van der Waals surface area contributed by atoms with E-state index >= 15 is 0 Å². The second-order valence-electron chi connectivity index (χ2n) is 5.75. The molecule has 0 aromatic heterocycles. The average Bonchev–Trinajstić information content (AvgIpc) is 2.82. The number of nitrogens with zero attached hydrogens (tertiary/aromatic N) is 2. The second kappa shape index (κ2) is 4.76. The van der Waals surface area contributed by atoms with Crippen molar-refractivity contribution in [3.8, 4) is 0 Å². The molecule has 2 aliphatic heterocycles. The summed E-state index contributed by atoms with van der Waals surface area (Å²) in [7, 11) is 0. The maximum Gasteiger partial charge on any atom is 0.410 e. The van der Waals surface area contributed by atoms with E-state index in [-0.39, 0.29) is 18.2 Å². The molecule has 102 valence electrons. The Morgan fingerprint density at radius 1 is 1.56 bits per heavy atom. The molecule has 6 heteroatoms. The lowest BCUT2D eigenvalue weighted by Crippen LogP contribution is -2.36. The van der Waals surface area contributed by atoms with E-state index in [1.807, 2.05) is 27.7 Å². The summed E-state index contributed by atoms with van der Waals surface area (Å²) in [4.78, 5) is 23.1. The van der Waals surface area contributed by atoms with Crippen LogP contribution in [0.2, 0.25) is 0 Å². The summed E-state index contributed by atoms with van der Waals surface area (Å²) in [5, 5.41) is 0. The van der Waals surface area contributed by atoms with E-state index in [0.717, 1.165) is 12.3 Å². The van der Waals surface area contributed by atoms with Gasteiger partial charge in [0.25, 0.3) is 0 Å². The molecule has 0 aromatic carbocycles. The Bertz CT molecular complexity index is 362. The average molecular weight is 255 g/mol. The first kappa shape index (κ1) is 13.1. The summed E-state index contributed by atoms with van der Waals surface area (Å²) >= 11 is 0. The topological polar surface area (TPSA) is 63.2 Å². The summed E-state index contributed by atoms with van der Waals surface area (Å²) in [5.41, 5.74) is 2.38. The van der Waals surface area contributed by atoms with Gasteiger partial charge >= 0.3 is 6.09 Å². The molecule has 18 heavy (non-hydrogen) atoms. The summed E-state index contributed by atoms with van der Waals surface area (Å²) in [5.74, 6) is 1.07. The van der Waals surface area contributed by atoms with Crippen molar-refractivity contribution in [2.45, 2.75) is 45.9 Å². The quantitative estimate of drug-likeness (QED) is 0.771. The number of hydrogen-bond acceptors (Lipinski definition) is 5. The SMILES string of the molecule is CC1N=C(C2CCN(C(=O)OC(C)(C)C)C2)NO1. The first-order chi connectivity index (χ1) is 8.35. The molecule has 0 bridgehead atoms. The molecule has 2 rings (SSSR count). The summed E-state index contributed by atoms with van der Waals surface area (Å²) in [6.45, 7) is 8.83. The van der Waals surface area contributed by atoms with E-state index in [4.69, 9.17) is 9.57 Å². The first-order valence-corrected chi connectivity index (χ1v) is 6.32. The van der Waals surface area contributed by atoms with Gasteiger partial charge in [0.2, 0.25) is 0 Å². The van der Waals surface area contributed by atoms with Crippen molar-refractivity contribution in [1.82, 2.24) is 10.4 Å². The fourth-order valence-electron chi connectivity index (χ4n) is 2.06. The van der Waals surface area contributed by atoms with Crippen molar-refractivity contribution >= 4 is 11.9 Å². The summed E-state index contributed by atoms with van der Waals surface area (Å²) in [6.07, 6.45) is 0.495. The van der Waals surface area contributed by atoms with Crippen molar-refractivity contribution in [3.63, 3.8) is 0 Å². The zero-order valence-electron chi connectivity index (χ0n) is 11.4. The first-order valence-electron chi connectivity index (χ1n) is 6.32. The number of likely N-dealkylation sites (tertiary alicyclic amines) is 1. The van der Waals surface area contributed by atoms with Crippen LogP contribution in [0.15, 0.2) is 4.99 Å². The molecule has 0 spiro atoms. The van der Waals surface area contributed by atoms with Gasteiger partial charge in [-0.25, -0.2) is 14.6 Å². The van der Waals surface area contributed by atoms with Crippen LogP contribution >= 0.6 is 0 Å². The summed E-state index contributed by atoms with van der Waals surface area (Å²) in [6, 6.07) is 0. The summed E-state index contributed by atoms with van der Waals surface area (Å²) < 4.78 is 5.35. The standard InChI is InChI=1S/C12H21N3O3/c1-8-13-10(14-18-8)9-5-6-15(7-9)11(16)17-12(2,3)4/h8-9H,5-7H2,1-4H3,(H,13,14). The van der Waals surface area contributed by atoms with Gasteiger partial charge in [0.15, 0.2) is 6.23 Å². The van der Waals surface area contributed by atoms with E-state index in [1.54, 1.807) is 4.90 Å². The molecule has 1 saturated heterocycles. The highest BCUT2D eigenvalue weighted by atomic mass is 16.7. The van der Waals surface area contributed by atoms with Crippen LogP contribution in [0.3, 0.4) is 0 Å². The predicted molar refractivity (Wildman–Crippen MR) is 67.0 cm³/mol. The van der Waals surface area contributed by atoms with Crippen molar-refractivity contribution in [2.24, 2.45) is 10.9 Å². The van der Waals surface area contributed by atoms with Crippen LogP contribution in [0.5, 0.6) is 0 Å². The van der Waals surface area contributed by atoms with Gasteiger partial charge < -0.3 is 9.64 Å². The smallest absolute Gasteiger partial charge is 0.410 e. The highest BCUT2D eigenvalue weighted by Gasteiger charge is 2.34. The van der Waals surface area contributed by atoms with Gasteiger partial charge in [0.05, 0.1) is 0 Å². The molecule has 0 aliphatic carbocycles. The Labute approximate surface area is 107 Å². The van der Waals surface area contributed by atoms with Crippen LogP contribution in [-0.4, -0.2) is 41.7 Å². The van der Waals surface area contributed by atoms with Gasteiger partial charge in [-0.15, -0.1) is 0 Å². The normalized spacial score (nSPS) is 28.0. The van der Waals surface area contributed by atoms with Crippen LogP contribution in [-0.2, 0) is 9.57 Å². The third kappa shape index (κ3) is 3.13. The number of rotatable bonds is 1. The molecule has 2 aliphatic rings. The largest absolute Gasteiger partial charge is 0.444 e. The van der Waals surface area contributed by atoms with Gasteiger partial charge in [-0.1, -0.05) is 0 Å². The Hall–Kier alpha value is -1.30. The van der Waals surface area contributed by atoms with Crippen molar-refractivity contribution < 1.29 is 14.4 Å². The van der Waals surface area contributed by atoms with Crippen LogP contribution < -0.4 is 5.48 Å².